The van der Waals surface area contributed by atoms with Crippen molar-refractivity contribution in [2.45, 2.75) is 367 Å². The molecule has 6 nitrogen and oxygen atoms in total. The number of carbonyl (C=O) groups excluding carboxylic acids is 3. The van der Waals surface area contributed by atoms with Crippen LogP contribution in [-0.4, -0.2) is 37.2 Å². The van der Waals surface area contributed by atoms with Gasteiger partial charge >= 0.3 is 17.9 Å². The van der Waals surface area contributed by atoms with Crippen LogP contribution in [0.2, 0.25) is 0 Å². The van der Waals surface area contributed by atoms with Crippen molar-refractivity contribution < 1.29 is 28.6 Å². The summed E-state index contributed by atoms with van der Waals surface area (Å²) in [4.78, 5) is 38.4. The summed E-state index contributed by atoms with van der Waals surface area (Å²) in [5.41, 5.74) is 0. The van der Waals surface area contributed by atoms with Crippen molar-refractivity contribution in [1.29, 1.82) is 0 Å². The van der Waals surface area contributed by atoms with Crippen molar-refractivity contribution in [3.8, 4) is 0 Å². The van der Waals surface area contributed by atoms with Gasteiger partial charge in [0.05, 0.1) is 0 Å². The van der Waals surface area contributed by atoms with Crippen LogP contribution in [0, 0.1) is 0 Å². The molecule has 6 heteroatoms. The molecule has 0 aromatic rings. The summed E-state index contributed by atoms with van der Waals surface area (Å²) in [5, 5.41) is 0. The first-order valence-corrected chi connectivity index (χ1v) is 34.9. The average Bonchev–Trinajstić information content (AvgIpc) is 3.46. The summed E-state index contributed by atoms with van der Waals surface area (Å²) < 4.78 is 17.0. The van der Waals surface area contributed by atoms with Gasteiger partial charge in [-0.05, 0) is 116 Å². The van der Waals surface area contributed by atoms with E-state index in [1.54, 1.807) is 0 Å². The van der Waals surface area contributed by atoms with E-state index in [-0.39, 0.29) is 31.1 Å². The lowest BCUT2D eigenvalue weighted by Crippen LogP contribution is -2.30. The van der Waals surface area contributed by atoms with E-state index < -0.39 is 6.10 Å². The van der Waals surface area contributed by atoms with Gasteiger partial charge in [-0.2, -0.15) is 0 Å². The second-order valence-corrected chi connectivity index (χ2v) is 23.4. The molecule has 80 heavy (non-hydrogen) atoms. The number of esters is 3. The Labute approximate surface area is 497 Å². The molecule has 0 saturated heterocycles. The van der Waals surface area contributed by atoms with Crippen LogP contribution in [0.15, 0.2) is 72.9 Å². The predicted octanol–water partition coefficient (Wildman–Crippen LogP) is 24.1. The maximum Gasteiger partial charge on any atom is 0.306 e. The van der Waals surface area contributed by atoms with Crippen molar-refractivity contribution in [2.75, 3.05) is 13.2 Å². The molecule has 0 saturated carbocycles. The zero-order valence-corrected chi connectivity index (χ0v) is 53.3. The minimum atomic E-state index is -0.783. The summed E-state index contributed by atoms with van der Waals surface area (Å²) in [5.74, 6) is -0.877. The normalized spacial score (nSPS) is 12.5. The number of rotatable bonds is 64. The average molecular weight is 1120 g/mol. The first kappa shape index (κ1) is 76.9. The molecule has 0 aromatic heterocycles. The Kier molecular flexibility index (Phi) is 65.7. The maximum atomic E-state index is 12.9. The van der Waals surface area contributed by atoms with E-state index in [0.29, 0.717) is 19.3 Å². The third-order valence-electron chi connectivity index (χ3n) is 15.4. The molecule has 0 N–H and O–H groups in total. The highest BCUT2D eigenvalue weighted by molar-refractivity contribution is 5.71. The molecule has 0 spiro atoms. The summed E-state index contributed by atoms with van der Waals surface area (Å²) in [6, 6.07) is 0. The van der Waals surface area contributed by atoms with Gasteiger partial charge in [-0.3, -0.25) is 14.4 Å². The standard InChI is InChI=1S/C74H132O6/c1-4-7-10-13-16-19-22-25-28-30-31-32-33-34-35-36-37-38-39-40-41-42-43-45-46-49-52-55-58-61-64-67-73(76)79-70-71(69-78-72(75)66-63-60-57-54-51-48-27-24-21-18-15-12-9-6-3)80-74(77)68-65-62-59-56-53-50-47-44-29-26-23-20-17-14-11-8-5-2/h17,20,22,24-27,29-31,33-34,71H,4-16,18-19,21,23,28,32,35-70H2,1-3H3/b20-17-,25-22-,27-24-,29-26-,31-30-,34-33-. The third-order valence-corrected chi connectivity index (χ3v) is 15.4. The van der Waals surface area contributed by atoms with Gasteiger partial charge in [0.2, 0.25) is 0 Å². The van der Waals surface area contributed by atoms with E-state index in [4.69, 9.17) is 14.2 Å². The zero-order valence-electron chi connectivity index (χ0n) is 53.3. The van der Waals surface area contributed by atoms with Crippen LogP contribution in [0.25, 0.3) is 0 Å². The SMILES string of the molecule is CCCCC/C=C\C/C=C\CCCCCCCCCC(=O)OC(COC(=O)CCCCCCC/C=C\CCCCCCC)COC(=O)CCCCCCCCCCCCCCCCCC/C=C\C/C=C\C/C=C\CCCCCCC. The van der Waals surface area contributed by atoms with Crippen molar-refractivity contribution in [1.82, 2.24) is 0 Å². The van der Waals surface area contributed by atoms with Gasteiger partial charge in [0.25, 0.3) is 0 Å². The Balaban J connectivity index is 4.21. The smallest absolute Gasteiger partial charge is 0.306 e. The third kappa shape index (κ3) is 65.7. The first-order chi connectivity index (χ1) is 39.5. The largest absolute Gasteiger partial charge is 0.462 e. The molecule has 0 rings (SSSR count). The van der Waals surface area contributed by atoms with E-state index in [1.807, 2.05) is 0 Å². The van der Waals surface area contributed by atoms with Gasteiger partial charge in [-0.15, -0.1) is 0 Å². The number of hydrogen-bond donors (Lipinski definition) is 0. The van der Waals surface area contributed by atoms with Crippen molar-refractivity contribution in [3.05, 3.63) is 72.9 Å². The Morgan fingerprint density at radius 1 is 0.250 bits per heavy atom. The maximum absolute atomic E-state index is 12.9. The fourth-order valence-corrected chi connectivity index (χ4v) is 10.1. The molecule has 0 fully saturated rings. The summed E-state index contributed by atoms with van der Waals surface area (Å²) in [6.07, 6.45) is 89.3. The monoisotopic (exact) mass is 1120 g/mol. The summed E-state index contributed by atoms with van der Waals surface area (Å²) in [7, 11) is 0. The van der Waals surface area contributed by atoms with Crippen LogP contribution >= 0.6 is 0 Å². The van der Waals surface area contributed by atoms with Crippen LogP contribution in [-0.2, 0) is 28.6 Å². The fourth-order valence-electron chi connectivity index (χ4n) is 10.1. The van der Waals surface area contributed by atoms with Crippen molar-refractivity contribution in [3.63, 3.8) is 0 Å². The van der Waals surface area contributed by atoms with Crippen LogP contribution < -0.4 is 0 Å². The number of ether oxygens (including phenoxy) is 3. The first-order valence-electron chi connectivity index (χ1n) is 34.9. The van der Waals surface area contributed by atoms with Gasteiger partial charge in [0, 0.05) is 19.3 Å². The van der Waals surface area contributed by atoms with Crippen LogP contribution in [0.3, 0.4) is 0 Å². The summed E-state index contributed by atoms with van der Waals surface area (Å²) >= 11 is 0. The molecule has 0 radical (unpaired) electrons. The van der Waals surface area contributed by atoms with E-state index in [1.165, 1.54) is 231 Å². The van der Waals surface area contributed by atoms with Gasteiger partial charge in [0.15, 0.2) is 6.10 Å². The van der Waals surface area contributed by atoms with Gasteiger partial charge < -0.3 is 14.2 Å². The molecular weight excluding hydrogens is 985 g/mol. The molecule has 0 amide bonds. The zero-order chi connectivity index (χ0) is 57.8. The molecule has 0 aliphatic carbocycles. The Bertz CT molecular complexity index is 1470. The minimum Gasteiger partial charge on any atom is -0.462 e. The molecule has 0 bridgehead atoms. The highest BCUT2D eigenvalue weighted by Gasteiger charge is 2.19. The van der Waals surface area contributed by atoms with Gasteiger partial charge in [-0.25, -0.2) is 0 Å². The van der Waals surface area contributed by atoms with Gasteiger partial charge in [-0.1, -0.05) is 299 Å². The van der Waals surface area contributed by atoms with Gasteiger partial charge in [0.1, 0.15) is 13.2 Å². The topological polar surface area (TPSA) is 78.9 Å². The number of hydrogen-bond acceptors (Lipinski definition) is 6. The molecule has 0 heterocycles. The number of carbonyl (C=O) groups is 3. The molecule has 0 aliphatic heterocycles. The molecular formula is C74H132O6. The molecule has 0 aromatic carbocycles. The fraction of sp³-hybridized carbons (Fsp3) is 0.797. The predicted molar refractivity (Wildman–Crippen MR) is 348 cm³/mol. The minimum absolute atomic E-state index is 0.0785. The summed E-state index contributed by atoms with van der Waals surface area (Å²) in [6.45, 7) is 6.62. The highest BCUT2D eigenvalue weighted by Crippen LogP contribution is 2.17. The van der Waals surface area contributed by atoms with E-state index in [0.717, 1.165) is 89.9 Å². The number of unbranched alkanes of at least 4 members (excludes halogenated alkanes) is 41. The van der Waals surface area contributed by atoms with Crippen LogP contribution in [0.1, 0.15) is 361 Å². The molecule has 1 unspecified atom stereocenters. The van der Waals surface area contributed by atoms with Crippen molar-refractivity contribution in [2.24, 2.45) is 0 Å². The van der Waals surface area contributed by atoms with Crippen molar-refractivity contribution >= 4 is 17.9 Å². The highest BCUT2D eigenvalue weighted by atomic mass is 16.6. The molecule has 0 aliphatic rings. The quantitative estimate of drug-likeness (QED) is 0.0261. The lowest BCUT2D eigenvalue weighted by Gasteiger charge is -2.18. The van der Waals surface area contributed by atoms with Crippen LogP contribution in [0.4, 0.5) is 0 Å². The Morgan fingerprint density at radius 2 is 0.450 bits per heavy atom. The molecule has 1 atom stereocenters. The van der Waals surface area contributed by atoms with E-state index in [2.05, 4.69) is 93.7 Å². The van der Waals surface area contributed by atoms with E-state index >= 15 is 0 Å². The van der Waals surface area contributed by atoms with Crippen LogP contribution in [0.5, 0.6) is 0 Å². The molecule has 464 valence electrons. The van der Waals surface area contributed by atoms with E-state index in [9.17, 15) is 14.4 Å². The second-order valence-electron chi connectivity index (χ2n) is 23.4. The number of allylic oxidation sites excluding steroid dienone is 12. The lowest BCUT2D eigenvalue weighted by molar-refractivity contribution is -0.167. The second kappa shape index (κ2) is 68.3. The Hall–Kier alpha value is -3.15. The lowest BCUT2D eigenvalue weighted by atomic mass is 10.0. The Morgan fingerprint density at radius 3 is 0.738 bits per heavy atom.